The van der Waals surface area contributed by atoms with E-state index in [-0.39, 0.29) is 5.91 Å². The van der Waals surface area contributed by atoms with Gasteiger partial charge in [0, 0.05) is 27.1 Å². The van der Waals surface area contributed by atoms with Crippen molar-refractivity contribution in [1.82, 2.24) is 9.80 Å². The largest absolute Gasteiger partial charge is 0.465 e. The average molecular weight is 290 g/mol. The molecule has 1 aromatic carbocycles. The maximum Gasteiger partial charge on any atom is 0.408 e. The molecule has 2 rings (SSSR count). The monoisotopic (exact) mass is 290 g/mol. The van der Waals surface area contributed by atoms with Crippen molar-refractivity contribution in [2.24, 2.45) is 0 Å². The van der Waals surface area contributed by atoms with Crippen LogP contribution in [0.1, 0.15) is 24.8 Å². The second-order valence-electron chi connectivity index (χ2n) is 5.78. The molecular formula is C16H22N2O3. The van der Waals surface area contributed by atoms with Crippen molar-refractivity contribution in [1.29, 1.82) is 0 Å². The maximum atomic E-state index is 12.8. The third-order valence-electron chi connectivity index (χ3n) is 4.11. The van der Waals surface area contributed by atoms with Crippen molar-refractivity contribution in [3.8, 4) is 0 Å². The molecule has 1 saturated heterocycles. The third kappa shape index (κ3) is 3.01. The molecule has 114 valence electrons. The molecule has 1 N–H and O–H groups in total. The molecule has 2 amide bonds. The van der Waals surface area contributed by atoms with Gasteiger partial charge in [0.1, 0.15) is 5.54 Å². The standard InChI is InChI=1S/C16H22N2O3/c1-17(2)14(19)16(12-13-8-4-3-5-9-13)10-6-7-11-18(16)15(20)21/h3-5,8-9H,6-7,10-12H2,1-2H3,(H,20,21)/t16-/m0/s1. The summed E-state index contributed by atoms with van der Waals surface area (Å²) in [4.78, 5) is 27.2. The molecule has 1 aliphatic rings. The van der Waals surface area contributed by atoms with Gasteiger partial charge >= 0.3 is 6.09 Å². The summed E-state index contributed by atoms with van der Waals surface area (Å²) in [6, 6.07) is 9.63. The third-order valence-corrected chi connectivity index (χ3v) is 4.11. The smallest absolute Gasteiger partial charge is 0.408 e. The Kier molecular flexibility index (Phi) is 4.50. The molecule has 5 heteroatoms. The number of amides is 2. The number of carboxylic acid groups (broad SMARTS) is 1. The van der Waals surface area contributed by atoms with Gasteiger partial charge in [-0.15, -0.1) is 0 Å². The van der Waals surface area contributed by atoms with E-state index in [1.165, 1.54) is 9.80 Å². The number of likely N-dealkylation sites (tertiary alicyclic amines) is 1. The van der Waals surface area contributed by atoms with Gasteiger partial charge in [-0.2, -0.15) is 0 Å². The second kappa shape index (κ2) is 6.16. The minimum atomic E-state index is -1.01. The number of benzene rings is 1. The summed E-state index contributed by atoms with van der Waals surface area (Å²) in [6.07, 6.45) is 1.67. The number of likely N-dealkylation sites (N-methyl/N-ethyl adjacent to an activating group) is 1. The van der Waals surface area contributed by atoms with Gasteiger partial charge in [-0.3, -0.25) is 9.69 Å². The van der Waals surface area contributed by atoms with Crippen LogP contribution in [0.2, 0.25) is 0 Å². The second-order valence-corrected chi connectivity index (χ2v) is 5.78. The first-order chi connectivity index (χ1) is 9.97. The van der Waals surface area contributed by atoms with E-state index in [2.05, 4.69) is 0 Å². The molecule has 0 unspecified atom stereocenters. The Morgan fingerprint density at radius 3 is 2.48 bits per heavy atom. The van der Waals surface area contributed by atoms with E-state index in [1.807, 2.05) is 30.3 Å². The zero-order valence-corrected chi connectivity index (χ0v) is 12.6. The number of rotatable bonds is 3. The van der Waals surface area contributed by atoms with E-state index in [0.717, 1.165) is 18.4 Å². The number of nitrogens with zero attached hydrogens (tertiary/aromatic N) is 2. The lowest BCUT2D eigenvalue weighted by atomic mass is 9.80. The van der Waals surface area contributed by atoms with Crippen molar-refractivity contribution in [3.05, 3.63) is 35.9 Å². The number of carbonyl (C=O) groups is 2. The molecular weight excluding hydrogens is 268 g/mol. The average Bonchev–Trinajstić information content (AvgIpc) is 2.47. The van der Waals surface area contributed by atoms with Crippen molar-refractivity contribution in [3.63, 3.8) is 0 Å². The fourth-order valence-electron chi connectivity index (χ4n) is 3.15. The molecule has 0 saturated carbocycles. The molecule has 5 nitrogen and oxygen atoms in total. The Labute approximate surface area is 125 Å². The van der Waals surface area contributed by atoms with E-state index in [4.69, 9.17) is 0 Å². The highest BCUT2D eigenvalue weighted by atomic mass is 16.4. The number of piperidine rings is 1. The van der Waals surface area contributed by atoms with Gasteiger partial charge in [0.2, 0.25) is 5.91 Å². The summed E-state index contributed by atoms with van der Waals surface area (Å²) in [5.41, 5.74) is 0.00965. The molecule has 1 aromatic rings. The van der Waals surface area contributed by atoms with Gasteiger partial charge in [-0.05, 0) is 24.8 Å². The molecule has 1 atom stereocenters. The van der Waals surface area contributed by atoms with Crippen molar-refractivity contribution in [2.45, 2.75) is 31.2 Å². The first-order valence-electron chi connectivity index (χ1n) is 7.23. The van der Waals surface area contributed by atoms with Gasteiger partial charge in [0.05, 0.1) is 0 Å². The minimum absolute atomic E-state index is 0.131. The van der Waals surface area contributed by atoms with Crippen LogP contribution in [0.4, 0.5) is 4.79 Å². The normalized spacial score (nSPS) is 21.9. The molecule has 1 aliphatic heterocycles. The van der Waals surface area contributed by atoms with Crippen LogP contribution in [0, 0.1) is 0 Å². The summed E-state index contributed by atoms with van der Waals surface area (Å²) in [5.74, 6) is -0.131. The molecule has 0 bridgehead atoms. The highest BCUT2D eigenvalue weighted by Gasteiger charge is 2.48. The van der Waals surface area contributed by atoms with Crippen LogP contribution in [0.5, 0.6) is 0 Å². The van der Waals surface area contributed by atoms with Crippen molar-refractivity contribution < 1.29 is 14.7 Å². The Balaban J connectivity index is 2.42. The number of carbonyl (C=O) groups excluding carboxylic acids is 1. The van der Waals surface area contributed by atoms with E-state index in [0.29, 0.717) is 19.4 Å². The van der Waals surface area contributed by atoms with Crippen LogP contribution in [-0.4, -0.2) is 53.1 Å². The Morgan fingerprint density at radius 2 is 1.90 bits per heavy atom. The zero-order chi connectivity index (χ0) is 15.5. The van der Waals surface area contributed by atoms with Crippen LogP contribution in [0.3, 0.4) is 0 Å². The highest BCUT2D eigenvalue weighted by molar-refractivity contribution is 5.90. The fraction of sp³-hybridized carbons (Fsp3) is 0.500. The predicted octanol–water partition coefficient (Wildman–Crippen LogP) is 2.22. The summed E-state index contributed by atoms with van der Waals surface area (Å²) >= 11 is 0. The summed E-state index contributed by atoms with van der Waals surface area (Å²) in [6.45, 7) is 0.418. The molecule has 0 aliphatic carbocycles. The van der Waals surface area contributed by atoms with Crippen LogP contribution in [0.25, 0.3) is 0 Å². The summed E-state index contributed by atoms with van der Waals surface area (Å²) < 4.78 is 0. The SMILES string of the molecule is CN(C)C(=O)[C@@]1(Cc2ccccc2)CCCCN1C(=O)O. The van der Waals surface area contributed by atoms with E-state index >= 15 is 0 Å². The van der Waals surface area contributed by atoms with E-state index in [9.17, 15) is 14.7 Å². The first kappa shape index (κ1) is 15.4. The van der Waals surface area contributed by atoms with Gasteiger partial charge in [-0.1, -0.05) is 30.3 Å². The van der Waals surface area contributed by atoms with Crippen LogP contribution < -0.4 is 0 Å². The highest BCUT2D eigenvalue weighted by Crippen LogP contribution is 2.33. The molecule has 0 spiro atoms. The van der Waals surface area contributed by atoms with E-state index in [1.54, 1.807) is 14.1 Å². The summed E-state index contributed by atoms with van der Waals surface area (Å²) in [7, 11) is 3.37. The Bertz CT molecular complexity index is 516. The van der Waals surface area contributed by atoms with E-state index < -0.39 is 11.6 Å². The van der Waals surface area contributed by atoms with Crippen LogP contribution in [0.15, 0.2) is 30.3 Å². The molecule has 1 heterocycles. The molecule has 0 aromatic heterocycles. The molecule has 0 radical (unpaired) electrons. The fourth-order valence-corrected chi connectivity index (χ4v) is 3.15. The van der Waals surface area contributed by atoms with Gasteiger partial charge in [-0.25, -0.2) is 4.79 Å². The molecule has 21 heavy (non-hydrogen) atoms. The lowest BCUT2D eigenvalue weighted by molar-refractivity contribution is -0.143. The maximum absolute atomic E-state index is 12.8. The van der Waals surface area contributed by atoms with Gasteiger partial charge < -0.3 is 10.0 Å². The van der Waals surface area contributed by atoms with Crippen molar-refractivity contribution in [2.75, 3.05) is 20.6 Å². The van der Waals surface area contributed by atoms with Crippen LogP contribution >= 0.6 is 0 Å². The lowest BCUT2D eigenvalue weighted by Gasteiger charge is -2.45. The van der Waals surface area contributed by atoms with Crippen molar-refractivity contribution >= 4 is 12.0 Å². The predicted molar refractivity (Wildman–Crippen MR) is 80.2 cm³/mol. The quantitative estimate of drug-likeness (QED) is 0.928. The zero-order valence-electron chi connectivity index (χ0n) is 12.6. The topological polar surface area (TPSA) is 60.9 Å². The van der Waals surface area contributed by atoms with Crippen LogP contribution in [-0.2, 0) is 11.2 Å². The minimum Gasteiger partial charge on any atom is -0.465 e. The first-order valence-corrected chi connectivity index (χ1v) is 7.23. The molecule has 1 fully saturated rings. The van der Waals surface area contributed by atoms with Gasteiger partial charge in [0.25, 0.3) is 0 Å². The lowest BCUT2D eigenvalue weighted by Crippen LogP contribution is -2.63. The number of hydrogen-bond donors (Lipinski definition) is 1. The number of hydrogen-bond acceptors (Lipinski definition) is 2. The Hall–Kier alpha value is -2.04. The summed E-state index contributed by atoms with van der Waals surface area (Å²) in [5, 5.41) is 9.54. The van der Waals surface area contributed by atoms with Gasteiger partial charge in [0.15, 0.2) is 0 Å². The Morgan fingerprint density at radius 1 is 1.24 bits per heavy atom.